The maximum Gasteiger partial charge on any atom is 0.220 e. The fraction of sp³-hybridized carbons (Fsp3) is 0.458. The molecular weight excluding hydrogens is 348 g/mol. The standard InChI is InChI=1S/C24H32N2O2/c1-28-22-15-13-20(14-16-22)9-5-6-12-24(27)25-19-23(26-17-7-8-18-26)21-10-3-2-4-11-21/h2-4,10-11,13-16,23H,5-9,12,17-19H2,1H3,(H,25,27). The molecule has 0 saturated carbocycles. The highest BCUT2D eigenvalue weighted by atomic mass is 16.5. The summed E-state index contributed by atoms with van der Waals surface area (Å²) in [6.07, 6.45) is 6.03. The van der Waals surface area contributed by atoms with Crippen molar-refractivity contribution in [3.8, 4) is 5.75 Å². The molecule has 1 N–H and O–H groups in total. The molecule has 4 heteroatoms. The van der Waals surface area contributed by atoms with Crippen molar-refractivity contribution in [1.82, 2.24) is 10.2 Å². The molecule has 0 radical (unpaired) electrons. The molecule has 1 fully saturated rings. The van der Waals surface area contributed by atoms with Gasteiger partial charge in [-0.2, -0.15) is 0 Å². The molecule has 1 aliphatic heterocycles. The van der Waals surface area contributed by atoms with Crippen LogP contribution in [0.5, 0.6) is 5.75 Å². The van der Waals surface area contributed by atoms with Crippen molar-refractivity contribution in [3.63, 3.8) is 0 Å². The second-order valence-corrected chi connectivity index (χ2v) is 7.53. The molecule has 2 aromatic carbocycles. The van der Waals surface area contributed by atoms with Gasteiger partial charge in [-0.25, -0.2) is 0 Å². The van der Waals surface area contributed by atoms with Crippen LogP contribution in [-0.4, -0.2) is 37.6 Å². The van der Waals surface area contributed by atoms with Gasteiger partial charge < -0.3 is 10.1 Å². The molecule has 1 aliphatic rings. The van der Waals surface area contributed by atoms with Gasteiger partial charge in [-0.15, -0.1) is 0 Å². The smallest absolute Gasteiger partial charge is 0.220 e. The molecule has 1 atom stereocenters. The van der Waals surface area contributed by atoms with Crippen LogP contribution in [0.15, 0.2) is 54.6 Å². The molecule has 0 bridgehead atoms. The first-order valence-electron chi connectivity index (χ1n) is 10.4. The van der Waals surface area contributed by atoms with Gasteiger partial charge in [0.25, 0.3) is 0 Å². The Kier molecular flexibility index (Phi) is 7.92. The minimum atomic E-state index is 0.162. The Labute approximate surface area is 168 Å². The maximum atomic E-state index is 12.3. The molecule has 1 amide bonds. The Hall–Kier alpha value is -2.33. The van der Waals surface area contributed by atoms with Crippen LogP contribution in [0.3, 0.4) is 0 Å². The van der Waals surface area contributed by atoms with E-state index in [2.05, 4.69) is 46.6 Å². The Morgan fingerprint density at radius 1 is 1.04 bits per heavy atom. The van der Waals surface area contributed by atoms with E-state index >= 15 is 0 Å². The average molecular weight is 381 g/mol. The minimum absolute atomic E-state index is 0.162. The number of carbonyl (C=O) groups excluding carboxylic acids is 1. The number of aryl methyl sites for hydroxylation is 1. The summed E-state index contributed by atoms with van der Waals surface area (Å²) in [4.78, 5) is 14.8. The molecule has 4 nitrogen and oxygen atoms in total. The van der Waals surface area contributed by atoms with E-state index < -0.39 is 0 Å². The van der Waals surface area contributed by atoms with Gasteiger partial charge in [0.15, 0.2) is 0 Å². The van der Waals surface area contributed by atoms with E-state index in [0.717, 1.165) is 38.1 Å². The first-order chi connectivity index (χ1) is 13.8. The summed E-state index contributed by atoms with van der Waals surface area (Å²) in [7, 11) is 1.68. The van der Waals surface area contributed by atoms with Crippen molar-refractivity contribution in [2.24, 2.45) is 0 Å². The molecule has 150 valence electrons. The van der Waals surface area contributed by atoms with E-state index in [-0.39, 0.29) is 11.9 Å². The van der Waals surface area contributed by atoms with E-state index in [4.69, 9.17) is 4.74 Å². The molecule has 28 heavy (non-hydrogen) atoms. The average Bonchev–Trinajstić information content (AvgIpc) is 3.27. The first kappa shape index (κ1) is 20.4. The maximum absolute atomic E-state index is 12.3. The van der Waals surface area contributed by atoms with Crippen molar-refractivity contribution in [1.29, 1.82) is 0 Å². The lowest BCUT2D eigenvalue weighted by atomic mass is 10.0. The lowest BCUT2D eigenvalue weighted by molar-refractivity contribution is -0.121. The third kappa shape index (κ3) is 6.10. The second kappa shape index (κ2) is 10.9. The van der Waals surface area contributed by atoms with Crippen molar-refractivity contribution in [2.45, 2.75) is 44.6 Å². The van der Waals surface area contributed by atoms with E-state index in [1.54, 1.807) is 7.11 Å². The van der Waals surface area contributed by atoms with Gasteiger partial charge in [-0.05, 0) is 68.5 Å². The highest BCUT2D eigenvalue weighted by molar-refractivity contribution is 5.75. The van der Waals surface area contributed by atoms with Gasteiger partial charge >= 0.3 is 0 Å². The number of unbranched alkanes of at least 4 members (excludes halogenated alkanes) is 1. The summed E-state index contributed by atoms with van der Waals surface area (Å²) < 4.78 is 5.18. The lowest BCUT2D eigenvalue weighted by Crippen LogP contribution is -2.36. The van der Waals surface area contributed by atoms with Crippen LogP contribution in [0.2, 0.25) is 0 Å². The predicted molar refractivity (Wildman–Crippen MR) is 114 cm³/mol. The number of hydrogen-bond donors (Lipinski definition) is 1. The topological polar surface area (TPSA) is 41.6 Å². The quantitative estimate of drug-likeness (QED) is 0.623. The number of nitrogens with zero attached hydrogens (tertiary/aromatic N) is 1. The second-order valence-electron chi connectivity index (χ2n) is 7.53. The van der Waals surface area contributed by atoms with Gasteiger partial charge in [0, 0.05) is 13.0 Å². The molecule has 3 rings (SSSR count). The summed E-state index contributed by atoms with van der Waals surface area (Å²) in [6.45, 7) is 2.94. The van der Waals surface area contributed by atoms with E-state index in [0.29, 0.717) is 13.0 Å². The Balaban J connectivity index is 1.40. The molecular formula is C24H32N2O2. The van der Waals surface area contributed by atoms with Crippen molar-refractivity contribution in [3.05, 3.63) is 65.7 Å². The van der Waals surface area contributed by atoms with Gasteiger partial charge in [-0.1, -0.05) is 42.5 Å². The number of hydrogen-bond acceptors (Lipinski definition) is 3. The highest BCUT2D eigenvalue weighted by Crippen LogP contribution is 2.24. The summed E-state index contributed by atoms with van der Waals surface area (Å²) in [5.74, 6) is 1.05. The number of amides is 1. The summed E-state index contributed by atoms with van der Waals surface area (Å²) >= 11 is 0. The lowest BCUT2D eigenvalue weighted by Gasteiger charge is -2.28. The monoisotopic (exact) mass is 380 g/mol. The van der Waals surface area contributed by atoms with Crippen LogP contribution < -0.4 is 10.1 Å². The van der Waals surface area contributed by atoms with Crippen LogP contribution in [0.25, 0.3) is 0 Å². The third-order valence-corrected chi connectivity index (χ3v) is 5.54. The zero-order valence-electron chi connectivity index (χ0n) is 16.9. The van der Waals surface area contributed by atoms with Crippen LogP contribution in [-0.2, 0) is 11.2 Å². The predicted octanol–water partition coefficient (Wildman–Crippen LogP) is 4.36. The van der Waals surface area contributed by atoms with E-state index in [9.17, 15) is 4.79 Å². The molecule has 1 saturated heterocycles. The van der Waals surface area contributed by atoms with Gasteiger partial charge in [-0.3, -0.25) is 9.69 Å². The highest BCUT2D eigenvalue weighted by Gasteiger charge is 2.23. The Morgan fingerprint density at radius 3 is 2.43 bits per heavy atom. The number of methoxy groups -OCH3 is 1. The summed E-state index contributed by atoms with van der Waals surface area (Å²) in [5.41, 5.74) is 2.59. The Morgan fingerprint density at radius 2 is 1.75 bits per heavy atom. The Bertz CT molecular complexity index is 709. The SMILES string of the molecule is COc1ccc(CCCCC(=O)NCC(c2ccccc2)N2CCCC2)cc1. The van der Waals surface area contributed by atoms with Crippen LogP contribution >= 0.6 is 0 Å². The third-order valence-electron chi connectivity index (χ3n) is 5.54. The largest absolute Gasteiger partial charge is 0.497 e. The molecule has 0 spiro atoms. The van der Waals surface area contributed by atoms with E-state index in [1.165, 1.54) is 24.0 Å². The molecule has 2 aromatic rings. The van der Waals surface area contributed by atoms with Crippen LogP contribution in [0.1, 0.15) is 49.3 Å². The molecule has 0 aromatic heterocycles. The number of nitrogens with one attached hydrogen (secondary N) is 1. The van der Waals surface area contributed by atoms with Crippen molar-refractivity contribution < 1.29 is 9.53 Å². The van der Waals surface area contributed by atoms with E-state index in [1.807, 2.05) is 18.2 Å². The molecule has 1 heterocycles. The first-order valence-corrected chi connectivity index (χ1v) is 10.4. The fourth-order valence-electron chi connectivity index (χ4n) is 3.89. The van der Waals surface area contributed by atoms with Crippen LogP contribution in [0, 0.1) is 0 Å². The number of benzene rings is 2. The zero-order chi connectivity index (χ0) is 19.6. The van der Waals surface area contributed by atoms with Crippen LogP contribution in [0.4, 0.5) is 0 Å². The molecule has 0 aliphatic carbocycles. The van der Waals surface area contributed by atoms with Crippen molar-refractivity contribution in [2.75, 3.05) is 26.7 Å². The summed E-state index contributed by atoms with van der Waals surface area (Å²) in [6, 6.07) is 19.0. The molecule has 1 unspecified atom stereocenters. The van der Waals surface area contributed by atoms with Crippen molar-refractivity contribution >= 4 is 5.91 Å². The van der Waals surface area contributed by atoms with Gasteiger partial charge in [0.2, 0.25) is 5.91 Å². The van der Waals surface area contributed by atoms with Gasteiger partial charge in [0.1, 0.15) is 5.75 Å². The fourth-order valence-corrected chi connectivity index (χ4v) is 3.89. The number of likely N-dealkylation sites (tertiary alicyclic amines) is 1. The minimum Gasteiger partial charge on any atom is -0.497 e. The summed E-state index contributed by atoms with van der Waals surface area (Å²) in [5, 5.41) is 3.17. The number of ether oxygens (including phenoxy) is 1. The zero-order valence-corrected chi connectivity index (χ0v) is 16.9. The number of rotatable bonds is 10. The van der Waals surface area contributed by atoms with Gasteiger partial charge in [0.05, 0.1) is 13.2 Å². The normalized spacial score (nSPS) is 15.3. The number of carbonyl (C=O) groups is 1.